The minimum absolute atomic E-state index is 0.0635. The number of amides is 2. The first-order valence-electron chi connectivity index (χ1n) is 15.5. The van der Waals surface area contributed by atoms with E-state index in [2.05, 4.69) is 5.32 Å². The van der Waals surface area contributed by atoms with Crippen LogP contribution in [0.15, 0.2) is 95.9 Å². The Morgan fingerprint density at radius 2 is 1.49 bits per heavy atom. The number of hydrogen-bond donors (Lipinski definition) is 1. The number of methoxy groups -OCH3 is 2. The monoisotopic (exact) mass is 745 g/mol. The number of hydrogen-bond acceptors (Lipinski definition) is 6. The molecule has 13 heteroatoms. The van der Waals surface area contributed by atoms with Gasteiger partial charge in [0.15, 0.2) is 11.5 Å². The lowest BCUT2D eigenvalue weighted by Gasteiger charge is -2.34. The van der Waals surface area contributed by atoms with E-state index >= 15 is 0 Å². The molecule has 0 aromatic heterocycles. The topological polar surface area (TPSA) is 105 Å². The second-order valence-electron chi connectivity index (χ2n) is 11.3. The van der Waals surface area contributed by atoms with Gasteiger partial charge in [-0.2, -0.15) is 0 Å². The summed E-state index contributed by atoms with van der Waals surface area (Å²) in [5.74, 6) is -0.492. The van der Waals surface area contributed by atoms with Crippen LogP contribution >= 0.6 is 34.8 Å². The van der Waals surface area contributed by atoms with Gasteiger partial charge in [-0.1, -0.05) is 78.1 Å². The van der Waals surface area contributed by atoms with Crippen molar-refractivity contribution in [3.63, 3.8) is 0 Å². The van der Waals surface area contributed by atoms with Crippen LogP contribution < -0.4 is 19.1 Å². The van der Waals surface area contributed by atoms with Gasteiger partial charge in [-0.3, -0.25) is 13.9 Å². The number of sulfonamides is 1. The Balaban J connectivity index is 1.84. The number of halogens is 3. The van der Waals surface area contributed by atoms with Gasteiger partial charge in [0.1, 0.15) is 12.6 Å². The molecule has 0 bridgehead atoms. The van der Waals surface area contributed by atoms with Crippen LogP contribution in [0.4, 0.5) is 5.69 Å². The number of anilines is 1. The molecule has 4 rings (SSSR count). The second kappa shape index (κ2) is 17.1. The Hall–Kier alpha value is -3.96. The van der Waals surface area contributed by atoms with Crippen LogP contribution in [-0.4, -0.2) is 58.0 Å². The largest absolute Gasteiger partial charge is 0.493 e. The van der Waals surface area contributed by atoms with Gasteiger partial charge in [-0.15, -0.1) is 0 Å². The third-order valence-corrected chi connectivity index (χ3v) is 10.7. The van der Waals surface area contributed by atoms with Crippen LogP contribution in [-0.2, 0) is 32.6 Å². The predicted molar refractivity (Wildman–Crippen MR) is 194 cm³/mol. The minimum Gasteiger partial charge on any atom is -0.493 e. The van der Waals surface area contributed by atoms with E-state index in [0.29, 0.717) is 27.8 Å². The molecular formula is C36H38Cl3N3O6S. The van der Waals surface area contributed by atoms with Crippen molar-refractivity contribution in [1.29, 1.82) is 0 Å². The van der Waals surface area contributed by atoms with E-state index in [1.165, 1.54) is 61.6 Å². The lowest BCUT2D eigenvalue weighted by molar-refractivity contribution is -0.140. The number of carbonyl (C=O) groups excluding carboxylic acids is 2. The summed E-state index contributed by atoms with van der Waals surface area (Å²) in [6, 6.07) is 23.3. The van der Waals surface area contributed by atoms with Crippen molar-refractivity contribution in [2.45, 2.75) is 50.2 Å². The van der Waals surface area contributed by atoms with E-state index < -0.39 is 28.5 Å². The van der Waals surface area contributed by atoms with Crippen LogP contribution in [0, 0.1) is 0 Å². The summed E-state index contributed by atoms with van der Waals surface area (Å²) in [4.78, 5) is 29.9. The molecule has 0 fully saturated rings. The maximum absolute atomic E-state index is 14.7. The number of nitrogens with one attached hydrogen (secondary N) is 1. The Morgan fingerprint density at radius 1 is 0.816 bits per heavy atom. The van der Waals surface area contributed by atoms with Crippen LogP contribution in [0.3, 0.4) is 0 Å². The molecule has 0 saturated carbocycles. The summed E-state index contributed by atoms with van der Waals surface area (Å²) in [7, 11) is -1.56. The summed E-state index contributed by atoms with van der Waals surface area (Å²) >= 11 is 18.7. The number of carbonyl (C=O) groups is 2. The van der Waals surface area contributed by atoms with Gasteiger partial charge in [0.05, 0.1) is 34.8 Å². The lowest BCUT2D eigenvalue weighted by atomic mass is 10.0. The zero-order chi connectivity index (χ0) is 35.7. The van der Waals surface area contributed by atoms with E-state index in [-0.39, 0.29) is 46.3 Å². The lowest BCUT2D eigenvalue weighted by Crippen LogP contribution is -2.54. The van der Waals surface area contributed by atoms with Crippen molar-refractivity contribution in [2.24, 2.45) is 0 Å². The molecule has 2 amide bonds. The van der Waals surface area contributed by atoms with Crippen molar-refractivity contribution in [3.05, 3.63) is 117 Å². The number of ether oxygens (including phenoxy) is 2. The van der Waals surface area contributed by atoms with Gasteiger partial charge in [0.25, 0.3) is 10.0 Å². The van der Waals surface area contributed by atoms with Gasteiger partial charge in [0, 0.05) is 30.1 Å². The minimum atomic E-state index is -4.40. The van der Waals surface area contributed by atoms with E-state index in [1.54, 1.807) is 18.2 Å². The standard InChI is InChI=1S/C36H38Cl3N3O6S/c1-5-24(2)40-36(44)32(20-25-9-7-6-8-10-25)41(22-26-11-17-30(38)31(39)19-26)35(43)23-42(28-14-12-27(37)13-15-28)49(45,46)29-16-18-33(47-3)34(21-29)48-4/h6-19,21,24,32H,5,20,22-23H2,1-4H3,(H,40,44)/t24-,32-/m1/s1. The maximum Gasteiger partial charge on any atom is 0.264 e. The van der Waals surface area contributed by atoms with Crippen molar-refractivity contribution < 1.29 is 27.5 Å². The molecule has 0 spiro atoms. The first kappa shape index (κ1) is 37.9. The fraction of sp³-hybridized carbons (Fsp3) is 0.278. The molecule has 0 radical (unpaired) electrons. The smallest absolute Gasteiger partial charge is 0.264 e. The highest BCUT2D eigenvalue weighted by molar-refractivity contribution is 7.92. The average Bonchev–Trinajstić information content (AvgIpc) is 3.10. The predicted octanol–water partition coefficient (Wildman–Crippen LogP) is 7.41. The molecule has 0 aliphatic carbocycles. The normalized spacial score (nSPS) is 12.5. The molecule has 260 valence electrons. The quantitative estimate of drug-likeness (QED) is 0.136. The molecule has 0 saturated heterocycles. The van der Waals surface area contributed by atoms with Crippen molar-refractivity contribution in [3.8, 4) is 11.5 Å². The molecule has 0 heterocycles. The molecule has 0 aliphatic rings. The van der Waals surface area contributed by atoms with Crippen LogP contribution in [0.1, 0.15) is 31.4 Å². The number of benzene rings is 4. The van der Waals surface area contributed by atoms with Crippen LogP contribution in [0.5, 0.6) is 11.5 Å². The molecular weight excluding hydrogens is 709 g/mol. The highest BCUT2D eigenvalue weighted by atomic mass is 35.5. The molecule has 0 aliphatic heterocycles. The summed E-state index contributed by atoms with van der Waals surface area (Å²) < 4.78 is 40.4. The molecule has 1 N–H and O–H groups in total. The Labute approximate surface area is 302 Å². The molecule has 2 atom stereocenters. The first-order chi connectivity index (χ1) is 23.4. The third-order valence-electron chi connectivity index (χ3n) is 7.95. The third kappa shape index (κ3) is 9.60. The molecule has 49 heavy (non-hydrogen) atoms. The van der Waals surface area contributed by atoms with Gasteiger partial charge in [-0.05, 0) is 73.0 Å². The number of nitrogens with zero attached hydrogens (tertiary/aromatic N) is 2. The highest BCUT2D eigenvalue weighted by Gasteiger charge is 2.35. The van der Waals surface area contributed by atoms with Gasteiger partial charge >= 0.3 is 0 Å². The van der Waals surface area contributed by atoms with E-state index in [0.717, 1.165) is 9.87 Å². The maximum atomic E-state index is 14.7. The Bertz CT molecular complexity index is 1860. The fourth-order valence-corrected chi connectivity index (χ4v) is 6.95. The Kier molecular flexibility index (Phi) is 13.2. The van der Waals surface area contributed by atoms with Crippen LogP contribution in [0.2, 0.25) is 15.1 Å². The highest BCUT2D eigenvalue weighted by Crippen LogP contribution is 2.33. The summed E-state index contributed by atoms with van der Waals surface area (Å²) in [6.07, 6.45) is 0.831. The second-order valence-corrected chi connectivity index (χ2v) is 14.4. The van der Waals surface area contributed by atoms with Crippen molar-refractivity contribution >= 4 is 62.3 Å². The first-order valence-corrected chi connectivity index (χ1v) is 18.0. The summed E-state index contributed by atoms with van der Waals surface area (Å²) in [6.45, 7) is 3.10. The molecule has 9 nitrogen and oxygen atoms in total. The van der Waals surface area contributed by atoms with Gasteiger partial charge in [0.2, 0.25) is 11.8 Å². The van der Waals surface area contributed by atoms with Crippen molar-refractivity contribution in [2.75, 3.05) is 25.1 Å². The van der Waals surface area contributed by atoms with Gasteiger partial charge < -0.3 is 19.7 Å². The van der Waals surface area contributed by atoms with E-state index in [1.807, 2.05) is 44.2 Å². The van der Waals surface area contributed by atoms with E-state index in [4.69, 9.17) is 44.3 Å². The summed E-state index contributed by atoms with van der Waals surface area (Å²) in [5, 5.41) is 3.99. The molecule has 4 aromatic rings. The Morgan fingerprint density at radius 3 is 2.10 bits per heavy atom. The zero-order valence-electron chi connectivity index (χ0n) is 27.5. The molecule has 4 aromatic carbocycles. The SMILES string of the molecule is CC[C@@H](C)NC(=O)[C@@H](Cc1ccccc1)N(Cc1ccc(Cl)c(Cl)c1)C(=O)CN(c1ccc(Cl)cc1)S(=O)(=O)c1ccc(OC)c(OC)c1. The summed E-state index contributed by atoms with van der Waals surface area (Å²) in [5.41, 5.74) is 1.59. The van der Waals surface area contributed by atoms with Crippen LogP contribution in [0.25, 0.3) is 0 Å². The fourth-order valence-electron chi connectivity index (χ4n) is 5.07. The average molecular weight is 747 g/mol. The van der Waals surface area contributed by atoms with Gasteiger partial charge in [-0.25, -0.2) is 8.42 Å². The van der Waals surface area contributed by atoms with E-state index in [9.17, 15) is 18.0 Å². The molecule has 0 unspecified atom stereocenters. The van der Waals surface area contributed by atoms with Crippen molar-refractivity contribution in [1.82, 2.24) is 10.2 Å². The zero-order valence-corrected chi connectivity index (χ0v) is 30.6. The number of rotatable bonds is 15.